The molecule has 0 radical (unpaired) electrons. The van der Waals surface area contributed by atoms with Gasteiger partial charge in [0.25, 0.3) is 5.91 Å². The van der Waals surface area contributed by atoms with Crippen LogP contribution in [-0.2, 0) is 22.7 Å². The van der Waals surface area contributed by atoms with Gasteiger partial charge >= 0.3 is 6.18 Å². The van der Waals surface area contributed by atoms with E-state index in [-0.39, 0.29) is 10.6 Å². The fraction of sp³-hybridized carbons (Fsp3) is 0.240. The fourth-order valence-corrected chi connectivity index (χ4v) is 5.36. The minimum Gasteiger partial charge on any atom is -0.322 e. The lowest BCUT2D eigenvalue weighted by Crippen LogP contribution is -2.48. The van der Waals surface area contributed by atoms with Crippen molar-refractivity contribution >= 4 is 21.6 Å². The molecule has 3 aromatic rings. The van der Waals surface area contributed by atoms with Crippen LogP contribution >= 0.6 is 0 Å². The molecule has 1 amide bonds. The van der Waals surface area contributed by atoms with Crippen LogP contribution in [-0.4, -0.2) is 49.7 Å². The van der Waals surface area contributed by atoms with Crippen LogP contribution in [0.4, 0.5) is 18.9 Å². The molecular formula is C25H24F3N3O3S. The molecule has 4 rings (SSSR count). The number of hydrogen-bond donors (Lipinski definition) is 1. The molecule has 0 aliphatic carbocycles. The molecular weight excluding hydrogens is 479 g/mol. The van der Waals surface area contributed by atoms with Crippen molar-refractivity contribution in [3.63, 3.8) is 0 Å². The fourth-order valence-electron chi connectivity index (χ4n) is 3.92. The standard InChI is InChI=1S/C25H24F3N3O3S/c26-25(27,28)21-8-5-9-22(17-21)29-24(32)20-7-4-6-19(16-20)18-30-12-14-31(15-13-30)35(33,34)23-10-2-1-3-11-23/h1-11,16-17H,12-15,18H2,(H,29,32). The Balaban J connectivity index is 1.37. The maximum absolute atomic E-state index is 12.9. The number of piperazine rings is 1. The van der Waals surface area contributed by atoms with E-state index in [1.165, 1.54) is 16.4 Å². The van der Waals surface area contributed by atoms with E-state index >= 15 is 0 Å². The first-order chi connectivity index (χ1) is 16.6. The Kier molecular flexibility index (Phi) is 7.25. The zero-order valence-corrected chi connectivity index (χ0v) is 19.5. The zero-order chi connectivity index (χ0) is 25.1. The first-order valence-corrected chi connectivity index (χ1v) is 12.4. The summed E-state index contributed by atoms with van der Waals surface area (Å²) in [4.78, 5) is 15.0. The van der Waals surface area contributed by atoms with Crippen molar-refractivity contribution in [1.29, 1.82) is 0 Å². The third-order valence-corrected chi connectivity index (χ3v) is 7.67. The maximum atomic E-state index is 12.9. The van der Waals surface area contributed by atoms with E-state index in [0.717, 1.165) is 17.7 Å². The number of carbonyl (C=O) groups excluding carboxylic acids is 1. The number of nitrogens with one attached hydrogen (secondary N) is 1. The van der Waals surface area contributed by atoms with Crippen molar-refractivity contribution in [3.8, 4) is 0 Å². The van der Waals surface area contributed by atoms with Crippen LogP contribution in [0, 0.1) is 0 Å². The van der Waals surface area contributed by atoms with Gasteiger partial charge in [0.2, 0.25) is 10.0 Å². The van der Waals surface area contributed by atoms with E-state index in [4.69, 9.17) is 0 Å². The van der Waals surface area contributed by atoms with Gasteiger partial charge in [-0.05, 0) is 48.0 Å². The number of rotatable bonds is 6. The van der Waals surface area contributed by atoms with Crippen LogP contribution in [0.5, 0.6) is 0 Å². The van der Waals surface area contributed by atoms with E-state index < -0.39 is 27.7 Å². The van der Waals surface area contributed by atoms with Gasteiger partial charge in [-0.15, -0.1) is 0 Å². The van der Waals surface area contributed by atoms with E-state index in [2.05, 4.69) is 10.2 Å². The lowest BCUT2D eigenvalue weighted by molar-refractivity contribution is -0.137. The van der Waals surface area contributed by atoms with Gasteiger partial charge in [0.1, 0.15) is 0 Å². The van der Waals surface area contributed by atoms with Gasteiger partial charge in [-0.2, -0.15) is 17.5 Å². The first-order valence-electron chi connectivity index (χ1n) is 11.0. The molecule has 0 saturated carbocycles. The molecule has 6 nitrogen and oxygen atoms in total. The van der Waals surface area contributed by atoms with Crippen molar-refractivity contribution in [1.82, 2.24) is 9.21 Å². The number of benzene rings is 3. The minimum absolute atomic E-state index is 0.0611. The Bertz CT molecular complexity index is 1290. The van der Waals surface area contributed by atoms with Gasteiger partial charge in [0.15, 0.2) is 0 Å². The van der Waals surface area contributed by atoms with Crippen LogP contribution in [0.25, 0.3) is 0 Å². The number of halogens is 3. The van der Waals surface area contributed by atoms with Crippen LogP contribution in [0.1, 0.15) is 21.5 Å². The number of hydrogen-bond acceptors (Lipinski definition) is 4. The number of nitrogens with zero attached hydrogens (tertiary/aromatic N) is 2. The highest BCUT2D eigenvalue weighted by Crippen LogP contribution is 2.30. The van der Waals surface area contributed by atoms with Crippen molar-refractivity contribution in [2.24, 2.45) is 0 Å². The second-order valence-corrected chi connectivity index (χ2v) is 10.2. The third-order valence-electron chi connectivity index (χ3n) is 5.76. The normalized spacial score (nSPS) is 15.6. The minimum atomic E-state index is -4.49. The van der Waals surface area contributed by atoms with Crippen molar-refractivity contribution in [2.75, 3.05) is 31.5 Å². The Labute approximate surface area is 202 Å². The molecule has 0 atom stereocenters. The van der Waals surface area contributed by atoms with E-state index in [9.17, 15) is 26.4 Å². The van der Waals surface area contributed by atoms with Gasteiger partial charge in [-0.3, -0.25) is 9.69 Å². The molecule has 1 aliphatic rings. The molecule has 0 aromatic heterocycles. The second kappa shape index (κ2) is 10.2. The summed E-state index contributed by atoms with van der Waals surface area (Å²) in [5.41, 5.74) is 0.398. The second-order valence-electron chi connectivity index (χ2n) is 8.23. The smallest absolute Gasteiger partial charge is 0.322 e. The van der Waals surface area contributed by atoms with Gasteiger partial charge in [-0.1, -0.05) is 36.4 Å². The van der Waals surface area contributed by atoms with Crippen LogP contribution in [0.2, 0.25) is 0 Å². The molecule has 0 spiro atoms. The molecule has 1 N–H and O–H groups in total. The summed E-state index contributed by atoms with van der Waals surface area (Å²) in [5.74, 6) is -0.509. The topological polar surface area (TPSA) is 69.7 Å². The molecule has 1 fully saturated rings. The molecule has 35 heavy (non-hydrogen) atoms. The molecule has 3 aromatic carbocycles. The summed E-state index contributed by atoms with van der Waals surface area (Å²) < 4.78 is 65.8. The summed E-state index contributed by atoms with van der Waals surface area (Å²) in [6.45, 7) is 2.29. The average Bonchev–Trinajstić information content (AvgIpc) is 2.85. The molecule has 1 aliphatic heterocycles. The lowest BCUT2D eigenvalue weighted by Gasteiger charge is -2.34. The number of amides is 1. The monoisotopic (exact) mass is 503 g/mol. The van der Waals surface area contributed by atoms with Crippen LogP contribution in [0.3, 0.4) is 0 Å². The summed E-state index contributed by atoms with van der Waals surface area (Å²) in [6, 6.07) is 19.7. The molecule has 0 bridgehead atoms. The Hall–Kier alpha value is -3.21. The van der Waals surface area contributed by atoms with E-state index in [0.29, 0.717) is 38.3 Å². The molecule has 1 saturated heterocycles. The largest absolute Gasteiger partial charge is 0.416 e. The number of anilines is 1. The molecule has 184 valence electrons. The number of carbonyl (C=O) groups is 1. The van der Waals surface area contributed by atoms with Gasteiger partial charge in [-0.25, -0.2) is 8.42 Å². The molecule has 0 unspecified atom stereocenters. The Morgan fingerprint density at radius 3 is 2.23 bits per heavy atom. The van der Waals surface area contributed by atoms with Crippen molar-refractivity contribution in [2.45, 2.75) is 17.6 Å². The first kappa shape index (κ1) is 24.9. The van der Waals surface area contributed by atoms with Gasteiger partial charge in [0, 0.05) is 44.0 Å². The maximum Gasteiger partial charge on any atom is 0.416 e. The highest BCUT2D eigenvalue weighted by Gasteiger charge is 2.31. The quantitative estimate of drug-likeness (QED) is 0.539. The summed E-state index contributed by atoms with van der Waals surface area (Å²) >= 11 is 0. The number of sulfonamides is 1. The zero-order valence-electron chi connectivity index (χ0n) is 18.7. The average molecular weight is 504 g/mol. The van der Waals surface area contributed by atoms with E-state index in [1.807, 2.05) is 6.07 Å². The van der Waals surface area contributed by atoms with Gasteiger partial charge < -0.3 is 5.32 Å². The van der Waals surface area contributed by atoms with E-state index in [1.54, 1.807) is 48.5 Å². The summed E-state index contributed by atoms with van der Waals surface area (Å²) in [7, 11) is -3.54. The van der Waals surface area contributed by atoms with Crippen molar-refractivity contribution < 1.29 is 26.4 Å². The number of alkyl halides is 3. The highest BCUT2D eigenvalue weighted by atomic mass is 32.2. The molecule has 1 heterocycles. The third kappa shape index (κ3) is 6.08. The van der Waals surface area contributed by atoms with Crippen LogP contribution in [0.15, 0.2) is 83.8 Å². The predicted octanol–water partition coefficient (Wildman–Crippen LogP) is 4.46. The molecule has 10 heteroatoms. The SMILES string of the molecule is O=C(Nc1cccc(C(F)(F)F)c1)c1cccc(CN2CCN(S(=O)(=O)c3ccccc3)CC2)c1. The Morgan fingerprint density at radius 1 is 0.857 bits per heavy atom. The van der Waals surface area contributed by atoms with Crippen LogP contribution < -0.4 is 5.32 Å². The summed E-state index contributed by atoms with van der Waals surface area (Å²) in [5, 5.41) is 2.51. The predicted molar refractivity (Wildman–Crippen MR) is 126 cm³/mol. The summed E-state index contributed by atoms with van der Waals surface area (Å²) in [6.07, 6.45) is -4.49. The lowest BCUT2D eigenvalue weighted by atomic mass is 10.1. The van der Waals surface area contributed by atoms with Gasteiger partial charge in [0.05, 0.1) is 10.5 Å². The highest BCUT2D eigenvalue weighted by molar-refractivity contribution is 7.89. The van der Waals surface area contributed by atoms with Crippen molar-refractivity contribution in [3.05, 3.63) is 95.6 Å². The Morgan fingerprint density at radius 2 is 1.54 bits per heavy atom.